The molecule has 0 amide bonds. The average Bonchev–Trinajstić information content (AvgIpc) is 2.85. The molecule has 0 N–H and O–H groups in total. The van der Waals surface area contributed by atoms with E-state index >= 15 is 0 Å². The van der Waals surface area contributed by atoms with Crippen molar-refractivity contribution in [2.75, 3.05) is 27.8 Å². The van der Waals surface area contributed by atoms with Crippen LogP contribution < -0.4 is 0 Å². The van der Waals surface area contributed by atoms with Gasteiger partial charge in [-0.25, -0.2) is 4.79 Å². The minimum Gasteiger partial charge on any atom is -0.469 e. The Bertz CT molecular complexity index is 426. The van der Waals surface area contributed by atoms with Gasteiger partial charge in [0.25, 0.3) is 0 Å². The average molecular weight is 269 g/mol. The lowest BCUT2D eigenvalue weighted by atomic mass is 10.3. The van der Waals surface area contributed by atoms with Gasteiger partial charge in [0.05, 0.1) is 20.8 Å². The summed E-state index contributed by atoms with van der Waals surface area (Å²) in [4.78, 5) is 24.2. The molecule has 0 radical (unpaired) electrons. The molecule has 1 aromatic heterocycles. The van der Waals surface area contributed by atoms with Crippen LogP contribution in [0.4, 0.5) is 0 Å². The lowest BCUT2D eigenvalue weighted by Crippen LogP contribution is -2.19. The van der Waals surface area contributed by atoms with Crippen molar-refractivity contribution in [3.05, 3.63) is 23.7 Å². The minimum atomic E-state index is -0.486. The van der Waals surface area contributed by atoms with Crippen molar-refractivity contribution < 1.29 is 23.5 Å². The van der Waals surface area contributed by atoms with Crippen molar-refractivity contribution in [2.45, 2.75) is 19.4 Å². The van der Waals surface area contributed by atoms with E-state index in [1.54, 1.807) is 12.1 Å². The van der Waals surface area contributed by atoms with Crippen LogP contribution in [0.2, 0.25) is 0 Å². The molecule has 106 valence electrons. The molecule has 0 saturated heterocycles. The van der Waals surface area contributed by atoms with Gasteiger partial charge >= 0.3 is 11.9 Å². The molecule has 0 aromatic carbocycles. The third kappa shape index (κ3) is 5.13. The number of carbonyl (C=O) groups excluding carboxylic acids is 2. The molecule has 0 aliphatic carbocycles. The molecule has 0 spiro atoms. The van der Waals surface area contributed by atoms with Crippen LogP contribution in [-0.4, -0.2) is 44.7 Å². The Hall–Kier alpha value is -1.82. The topological polar surface area (TPSA) is 69.0 Å². The van der Waals surface area contributed by atoms with E-state index in [0.29, 0.717) is 25.1 Å². The molecular formula is C13H19NO5. The van der Waals surface area contributed by atoms with Crippen LogP contribution in [0.3, 0.4) is 0 Å². The molecule has 0 fully saturated rings. The summed E-state index contributed by atoms with van der Waals surface area (Å²) in [7, 11) is 4.60. The zero-order chi connectivity index (χ0) is 14.3. The molecule has 0 atom stereocenters. The van der Waals surface area contributed by atoms with Crippen molar-refractivity contribution in [2.24, 2.45) is 0 Å². The first-order valence-electron chi connectivity index (χ1n) is 5.99. The molecular weight excluding hydrogens is 250 g/mol. The van der Waals surface area contributed by atoms with Gasteiger partial charge in [-0.05, 0) is 32.1 Å². The lowest BCUT2D eigenvalue weighted by Gasteiger charge is -2.14. The summed E-state index contributed by atoms with van der Waals surface area (Å²) >= 11 is 0. The van der Waals surface area contributed by atoms with Gasteiger partial charge in [-0.15, -0.1) is 0 Å². The zero-order valence-corrected chi connectivity index (χ0v) is 11.5. The van der Waals surface area contributed by atoms with E-state index in [1.807, 2.05) is 11.9 Å². The first-order valence-corrected chi connectivity index (χ1v) is 5.99. The summed E-state index contributed by atoms with van der Waals surface area (Å²) in [5.74, 6) is 0.181. The van der Waals surface area contributed by atoms with Gasteiger partial charge in [-0.2, -0.15) is 0 Å². The number of ether oxygens (including phenoxy) is 2. The number of carbonyl (C=O) groups is 2. The molecule has 1 rings (SSSR count). The predicted octanol–water partition coefficient (Wildman–Crippen LogP) is 1.45. The molecule has 6 nitrogen and oxygen atoms in total. The first kappa shape index (κ1) is 15.2. The van der Waals surface area contributed by atoms with E-state index < -0.39 is 5.97 Å². The zero-order valence-electron chi connectivity index (χ0n) is 11.5. The van der Waals surface area contributed by atoms with Crippen LogP contribution in [0.1, 0.15) is 29.2 Å². The van der Waals surface area contributed by atoms with E-state index in [2.05, 4.69) is 9.47 Å². The number of hydrogen-bond acceptors (Lipinski definition) is 6. The Balaban J connectivity index is 2.36. The predicted molar refractivity (Wildman–Crippen MR) is 67.6 cm³/mol. The largest absolute Gasteiger partial charge is 0.469 e. The highest BCUT2D eigenvalue weighted by Gasteiger charge is 2.12. The van der Waals surface area contributed by atoms with Gasteiger partial charge in [-0.1, -0.05) is 0 Å². The quantitative estimate of drug-likeness (QED) is 0.698. The van der Waals surface area contributed by atoms with Crippen molar-refractivity contribution in [1.82, 2.24) is 4.90 Å². The Kier molecular flexibility index (Phi) is 6.08. The van der Waals surface area contributed by atoms with E-state index in [-0.39, 0.29) is 11.7 Å². The van der Waals surface area contributed by atoms with Crippen LogP contribution in [0.5, 0.6) is 0 Å². The number of esters is 2. The summed E-state index contributed by atoms with van der Waals surface area (Å²) in [6.45, 7) is 1.31. The fourth-order valence-electron chi connectivity index (χ4n) is 1.61. The summed E-state index contributed by atoms with van der Waals surface area (Å²) in [5.41, 5.74) is 0. The summed E-state index contributed by atoms with van der Waals surface area (Å²) in [6, 6.07) is 3.33. The molecule has 19 heavy (non-hydrogen) atoms. The molecule has 0 aliphatic heterocycles. The summed E-state index contributed by atoms with van der Waals surface area (Å²) in [6.07, 6.45) is 1.11. The number of rotatable bonds is 7. The SMILES string of the molecule is COC(=O)CCCN(C)Cc1ccc(C(=O)OC)o1. The van der Waals surface area contributed by atoms with E-state index in [9.17, 15) is 9.59 Å². The second kappa shape index (κ2) is 7.58. The van der Waals surface area contributed by atoms with Crippen LogP contribution >= 0.6 is 0 Å². The fourth-order valence-corrected chi connectivity index (χ4v) is 1.61. The third-order valence-electron chi connectivity index (χ3n) is 2.62. The Morgan fingerprint density at radius 2 is 2.00 bits per heavy atom. The Morgan fingerprint density at radius 1 is 1.26 bits per heavy atom. The van der Waals surface area contributed by atoms with Gasteiger partial charge in [-0.3, -0.25) is 9.69 Å². The van der Waals surface area contributed by atoms with Crippen molar-refractivity contribution in [3.63, 3.8) is 0 Å². The number of hydrogen-bond donors (Lipinski definition) is 0. The van der Waals surface area contributed by atoms with Gasteiger partial charge in [0, 0.05) is 6.42 Å². The van der Waals surface area contributed by atoms with Crippen LogP contribution in [0.15, 0.2) is 16.5 Å². The highest BCUT2D eigenvalue weighted by Crippen LogP contribution is 2.11. The molecule has 0 bridgehead atoms. The second-order valence-electron chi connectivity index (χ2n) is 4.18. The van der Waals surface area contributed by atoms with Crippen LogP contribution in [0.25, 0.3) is 0 Å². The Morgan fingerprint density at radius 3 is 2.63 bits per heavy atom. The fraction of sp³-hybridized carbons (Fsp3) is 0.538. The number of methoxy groups -OCH3 is 2. The highest BCUT2D eigenvalue weighted by molar-refractivity contribution is 5.86. The lowest BCUT2D eigenvalue weighted by molar-refractivity contribution is -0.140. The summed E-state index contributed by atoms with van der Waals surface area (Å²) < 4.78 is 14.5. The van der Waals surface area contributed by atoms with E-state index in [4.69, 9.17) is 4.42 Å². The maximum Gasteiger partial charge on any atom is 0.373 e. The molecule has 0 saturated carbocycles. The van der Waals surface area contributed by atoms with Gasteiger partial charge in [0.15, 0.2) is 0 Å². The van der Waals surface area contributed by atoms with E-state index in [0.717, 1.165) is 6.54 Å². The third-order valence-corrected chi connectivity index (χ3v) is 2.62. The molecule has 1 heterocycles. The van der Waals surface area contributed by atoms with Crippen molar-refractivity contribution in [1.29, 1.82) is 0 Å². The summed E-state index contributed by atoms with van der Waals surface area (Å²) in [5, 5.41) is 0. The normalized spacial score (nSPS) is 10.5. The van der Waals surface area contributed by atoms with Gasteiger partial charge in [0.1, 0.15) is 5.76 Å². The minimum absolute atomic E-state index is 0.195. The highest BCUT2D eigenvalue weighted by atomic mass is 16.5. The monoisotopic (exact) mass is 269 g/mol. The Labute approximate surface area is 112 Å². The van der Waals surface area contributed by atoms with Crippen LogP contribution in [-0.2, 0) is 20.8 Å². The van der Waals surface area contributed by atoms with Crippen molar-refractivity contribution in [3.8, 4) is 0 Å². The molecule has 1 aromatic rings. The van der Waals surface area contributed by atoms with Gasteiger partial charge < -0.3 is 13.9 Å². The maximum absolute atomic E-state index is 11.2. The maximum atomic E-state index is 11.2. The van der Waals surface area contributed by atoms with Crippen molar-refractivity contribution >= 4 is 11.9 Å². The van der Waals surface area contributed by atoms with Crippen LogP contribution in [0, 0.1) is 0 Å². The number of furan rings is 1. The molecule has 0 aliphatic rings. The smallest absolute Gasteiger partial charge is 0.373 e. The van der Waals surface area contributed by atoms with Gasteiger partial charge in [0.2, 0.25) is 5.76 Å². The molecule has 0 unspecified atom stereocenters. The second-order valence-corrected chi connectivity index (χ2v) is 4.18. The first-order chi connectivity index (χ1) is 9.06. The number of nitrogens with zero attached hydrogens (tertiary/aromatic N) is 1. The standard InChI is InChI=1S/C13H19NO5/c1-14(8-4-5-12(15)17-2)9-10-6-7-11(19-10)13(16)18-3/h6-7H,4-5,8-9H2,1-3H3. The van der Waals surface area contributed by atoms with E-state index in [1.165, 1.54) is 14.2 Å². The molecule has 6 heteroatoms.